The van der Waals surface area contributed by atoms with Crippen molar-refractivity contribution in [1.82, 2.24) is 0 Å². The van der Waals surface area contributed by atoms with Gasteiger partial charge in [0.05, 0.1) is 10.6 Å². The first-order chi connectivity index (χ1) is 5.82. The molecule has 0 radical (unpaired) electrons. The van der Waals surface area contributed by atoms with E-state index >= 15 is 0 Å². The minimum atomic E-state index is -1.16. The molecule has 2 nitrogen and oxygen atoms in total. The molecule has 1 aromatic carbocycles. The molecule has 1 rings (SSSR count). The zero-order valence-corrected chi connectivity index (χ0v) is 8.19. The van der Waals surface area contributed by atoms with Crippen molar-refractivity contribution in [2.45, 2.75) is 19.4 Å². The molecule has 0 saturated heterocycles. The Morgan fingerprint density at radius 1 is 1.46 bits per heavy atom. The van der Waals surface area contributed by atoms with E-state index in [1.54, 1.807) is 0 Å². The largest absolute Gasteiger partial charge is 0.398 e. The van der Waals surface area contributed by atoms with Gasteiger partial charge in [-0.15, -0.1) is 0 Å². The van der Waals surface area contributed by atoms with E-state index in [4.69, 9.17) is 17.3 Å². The number of rotatable bonds is 1. The molecule has 0 aliphatic heterocycles. The minimum absolute atomic E-state index is 0.0366. The van der Waals surface area contributed by atoms with E-state index in [1.165, 1.54) is 19.9 Å². The standard InChI is InChI=1S/C9H11ClFNO/c1-9(2,13)5-3-7(11)6(10)4-8(5)12/h3-4,13H,12H2,1-2H3. The normalized spacial score (nSPS) is 11.8. The maximum absolute atomic E-state index is 13.0. The summed E-state index contributed by atoms with van der Waals surface area (Å²) < 4.78 is 13.0. The van der Waals surface area contributed by atoms with Crippen LogP contribution in [-0.2, 0) is 5.60 Å². The Morgan fingerprint density at radius 3 is 2.46 bits per heavy atom. The van der Waals surface area contributed by atoms with Gasteiger partial charge < -0.3 is 10.8 Å². The molecule has 0 atom stereocenters. The summed E-state index contributed by atoms with van der Waals surface area (Å²) in [7, 11) is 0. The second kappa shape index (κ2) is 3.16. The smallest absolute Gasteiger partial charge is 0.142 e. The Hall–Kier alpha value is -0.800. The van der Waals surface area contributed by atoms with Crippen LogP contribution in [0.5, 0.6) is 0 Å². The van der Waals surface area contributed by atoms with Crippen LogP contribution in [0, 0.1) is 5.82 Å². The molecule has 0 fully saturated rings. The number of nitrogens with two attached hydrogens (primary N) is 1. The molecule has 0 aliphatic carbocycles. The Morgan fingerprint density at radius 2 is 2.00 bits per heavy atom. The van der Waals surface area contributed by atoms with Crippen LogP contribution in [0.4, 0.5) is 10.1 Å². The SMILES string of the molecule is CC(C)(O)c1cc(F)c(Cl)cc1N. The van der Waals surface area contributed by atoms with Crippen molar-refractivity contribution in [3.8, 4) is 0 Å². The summed E-state index contributed by atoms with van der Waals surface area (Å²) in [4.78, 5) is 0. The lowest BCUT2D eigenvalue weighted by atomic mass is 9.96. The highest BCUT2D eigenvalue weighted by Crippen LogP contribution is 2.29. The highest BCUT2D eigenvalue weighted by Gasteiger charge is 2.20. The first-order valence-corrected chi connectivity index (χ1v) is 4.17. The van der Waals surface area contributed by atoms with Crippen LogP contribution >= 0.6 is 11.6 Å². The maximum Gasteiger partial charge on any atom is 0.142 e. The van der Waals surface area contributed by atoms with E-state index in [-0.39, 0.29) is 5.02 Å². The predicted molar refractivity (Wildman–Crippen MR) is 51.1 cm³/mol. The number of anilines is 1. The molecular formula is C9H11ClFNO. The van der Waals surface area contributed by atoms with Crippen LogP contribution in [0.1, 0.15) is 19.4 Å². The van der Waals surface area contributed by atoms with Gasteiger partial charge >= 0.3 is 0 Å². The molecule has 4 heteroatoms. The number of hydrogen-bond acceptors (Lipinski definition) is 2. The summed E-state index contributed by atoms with van der Waals surface area (Å²) in [6.07, 6.45) is 0. The van der Waals surface area contributed by atoms with Gasteiger partial charge in [0.15, 0.2) is 0 Å². The second-order valence-electron chi connectivity index (χ2n) is 3.41. The average Bonchev–Trinajstić information content (AvgIpc) is 1.94. The molecule has 0 unspecified atom stereocenters. The summed E-state index contributed by atoms with van der Waals surface area (Å²) >= 11 is 5.50. The molecule has 0 aliphatic rings. The molecule has 72 valence electrons. The molecule has 0 spiro atoms. The van der Waals surface area contributed by atoms with Crippen LogP contribution in [0.25, 0.3) is 0 Å². The first kappa shape index (κ1) is 10.3. The van der Waals surface area contributed by atoms with Gasteiger partial charge in [-0.25, -0.2) is 4.39 Å². The van der Waals surface area contributed by atoms with Crippen molar-refractivity contribution in [3.63, 3.8) is 0 Å². The van der Waals surface area contributed by atoms with Gasteiger partial charge in [0, 0.05) is 11.3 Å². The van der Waals surface area contributed by atoms with Crippen molar-refractivity contribution in [2.75, 3.05) is 5.73 Å². The summed E-state index contributed by atoms with van der Waals surface area (Å²) in [6, 6.07) is 2.45. The summed E-state index contributed by atoms with van der Waals surface area (Å²) in [5, 5.41) is 9.56. The molecule has 13 heavy (non-hydrogen) atoms. The number of aliphatic hydroxyl groups is 1. The first-order valence-electron chi connectivity index (χ1n) is 3.79. The van der Waals surface area contributed by atoms with Crippen molar-refractivity contribution in [3.05, 3.63) is 28.5 Å². The van der Waals surface area contributed by atoms with E-state index in [1.807, 2.05) is 0 Å². The van der Waals surface area contributed by atoms with Crippen molar-refractivity contribution < 1.29 is 9.50 Å². The molecule has 1 aromatic rings. The van der Waals surface area contributed by atoms with Crippen LogP contribution in [-0.4, -0.2) is 5.11 Å². The Balaban J connectivity index is 3.32. The highest BCUT2D eigenvalue weighted by molar-refractivity contribution is 6.31. The predicted octanol–water partition coefficient (Wildman–Crippen LogP) is 2.29. The Bertz CT molecular complexity index is 333. The van der Waals surface area contributed by atoms with E-state index in [9.17, 15) is 9.50 Å². The lowest BCUT2D eigenvalue weighted by Crippen LogP contribution is -2.18. The van der Waals surface area contributed by atoms with E-state index < -0.39 is 11.4 Å². The zero-order valence-electron chi connectivity index (χ0n) is 7.44. The third-order valence-electron chi connectivity index (χ3n) is 1.75. The summed E-state index contributed by atoms with van der Waals surface area (Å²) in [6.45, 7) is 3.07. The lowest BCUT2D eigenvalue weighted by molar-refractivity contribution is 0.0790. The van der Waals surface area contributed by atoms with Crippen LogP contribution in [0.15, 0.2) is 12.1 Å². The van der Waals surface area contributed by atoms with Crippen LogP contribution < -0.4 is 5.73 Å². The molecule has 0 saturated carbocycles. The number of hydrogen-bond donors (Lipinski definition) is 2. The minimum Gasteiger partial charge on any atom is -0.398 e. The Kier molecular flexibility index (Phi) is 2.50. The van der Waals surface area contributed by atoms with E-state index in [2.05, 4.69) is 0 Å². The zero-order chi connectivity index (χ0) is 10.2. The quantitative estimate of drug-likeness (QED) is 0.688. The molecule has 0 amide bonds. The third kappa shape index (κ3) is 2.11. The topological polar surface area (TPSA) is 46.2 Å². The van der Waals surface area contributed by atoms with Gasteiger partial charge in [-0.2, -0.15) is 0 Å². The van der Waals surface area contributed by atoms with Gasteiger partial charge in [-0.3, -0.25) is 0 Å². The average molecular weight is 204 g/mol. The van der Waals surface area contributed by atoms with Crippen LogP contribution in [0.2, 0.25) is 5.02 Å². The van der Waals surface area contributed by atoms with Crippen molar-refractivity contribution >= 4 is 17.3 Å². The van der Waals surface area contributed by atoms with Crippen molar-refractivity contribution in [1.29, 1.82) is 0 Å². The number of benzene rings is 1. The molecular weight excluding hydrogens is 193 g/mol. The van der Waals surface area contributed by atoms with E-state index in [0.29, 0.717) is 11.3 Å². The van der Waals surface area contributed by atoms with E-state index in [0.717, 1.165) is 6.07 Å². The maximum atomic E-state index is 13.0. The third-order valence-corrected chi connectivity index (χ3v) is 2.04. The molecule has 0 aromatic heterocycles. The fourth-order valence-corrected chi connectivity index (χ4v) is 1.26. The second-order valence-corrected chi connectivity index (χ2v) is 3.82. The van der Waals surface area contributed by atoms with Crippen molar-refractivity contribution in [2.24, 2.45) is 0 Å². The van der Waals surface area contributed by atoms with Gasteiger partial charge in [0.25, 0.3) is 0 Å². The molecule has 0 bridgehead atoms. The Labute approximate surface area is 81.1 Å². The summed E-state index contributed by atoms with van der Waals surface area (Å²) in [5.74, 6) is -0.576. The van der Waals surface area contributed by atoms with Gasteiger partial charge in [0.2, 0.25) is 0 Å². The molecule has 3 N–H and O–H groups in total. The van der Waals surface area contributed by atoms with Crippen LogP contribution in [0.3, 0.4) is 0 Å². The van der Waals surface area contributed by atoms with Gasteiger partial charge in [0.1, 0.15) is 5.82 Å². The van der Waals surface area contributed by atoms with Gasteiger partial charge in [-0.1, -0.05) is 11.6 Å². The fourth-order valence-electron chi connectivity index (χ4n) is 1.09. The lowest BCUT2D eigenvalue weighted by Gasteiger charge is -2.20. The number of halogens is 2. The summed E-state index contributed by atoms with van der Waals surface area (Å²) in [5.41, 5.74) is 5.04. The molecule has 0 heterocycles. The monoisotopic (exact) mass is 203 g/mol. The van der Waals surface area contributed by atoms with Gasteiger partial charge in [-0.05, 0) is 26.0 Å². The fraction of sp³-hybridized carbons (Fsp3) is 0.333. The highest BCUT2D eigenvalue weighted by atomic mass is 35.5. The number of nitrogen functional groups attached to an aromatic ring is 1.